The molecule has 3 heterocycles. The first-order chi connectivity index (χ1) is 29.7. The zero-order chi connectivity index (χ0) is 40.5. The summed E-state index contributed by atoms with van der Waals surface area (Å²) in [4.78, 5) is 20.4. The van der Waals surface area contributed by atoms with E-state index in [9.17, 15) is 0 Å². The van der Waals surface area contributed by atoms with Crippen LogP contribution < -0.4 is 0 Å². The molecule has 286 valence electrons. The number of hydrogen-bond donors (Lipinski definition) is 0. The van der Waals surface area contributed by atoms with Crippen LogP contribution in [0.5, 0.6) is 0 Å². The molecule has 0 N–H and O–H groups in total. The highest BCUT2D eigenvalue weighted by Crippen LogP contribution is 2.60. The van der Waals surface area contributed by atoms with Crippen molar-refractivity contribution in [1.82, 2.24) is 19.9 Å². The van der Waals surface area contributed by atoms with Gasteiger partial charge in [-0.15, -0.1) is 11.8 Å². The lowest BCUT2D eigenvalue weighted by Crippen LogP contribution is -2.38. The molecular weight excluding hydrogens is 749 g/mol. The molecule has 2 aliphatic carbocycles. The second-order valence-electron chi connectivity index (χ2n) is 15.0. The number of benzene rings is 5. The van der Waals surface area contributed by atoms with E-state index in [-0.39, 0.29) is 11.2 Å². The Bertz CT molecular complexity index is 3020. The Labute approximate surface area is 355 Å². The van der Waals surface area contributed by atoms with Crippen molar-refractivity contribution in [3.8, 4) is 56.3 Å². The van der Waals surface area contributed by atoms with E-state index < -0.39 is 5.41 Å². The van der Waals surface area contributed by atoms with Gasteiger partial charge in [0, 0.05) is 50.4 Å². The molecule has 0 bridgehead atoms. The van der Waals surface area contributed by atoms with Crippen LogP contribution in [0.3, 0.4) is 0 Å². The topological polar surface area (TPSA) is 51.6 Å². The van der Waals surface area contributed by atoms with E-state index in [1.165, 1.54) is 16.7 Å². The number of aromatic nitrogens is 4. The Morgan fingerprint density at radius 3 is 2.18 bits per heavy atom. The summed E-state index contributed by atoms with van der Waals surface area (Å²) in [5.41, 5.74) is 11.1. The van der Waals surface area contributed by atoms with Crippen LogP contribution >= 0.6 is 11.8 Å². The lowest BCUT2D eigenvalue weighted by Gasteiger charge is -2.40. The highest BCUT2D eigenvalue weighted by Gasteiger charge is 2.50. The van der Waals surface area contributed by atoms with Gasteiger partial charge < -0.3 is 0 Å². The Morgan fingerprint density at radius 2 is 1.33 bits per heavy atom. The zero-order valence-electron chi connectivity index (χ0n) is 32.9. The molecule has 7 aromatic rings. The Balaban J connectivity index is 1.28. The minimum Gasteiger partial charge on any atom is -0.256 e. The fraction of sp³-hybridized carbons (Fsp3) is 0.0545. The van der Waals surface area contributed by atoms with Crippen LogP contribution in [0.2, 0.25) is 0 Å². The average molecular weight is 789 g/mol. The smallest absolute Gasteiger partial charge is 0.164 e. The largest absolute Gasteiger partial charge is 0.256 e. The van der Waals surface area contributed by atoms with Gasteiger partial charge in [0.15, 0.2) is 17.5 Å². The maximum atomic E-state index is 5.28. The van der Waals surface area contributed by atoms with Gasteiger partial charge in [-0.2, -0.15) is 0 Å². The van der Waals surface area contributed by atoms with Gasteiger partial charge in [0.25, 0.3) is 0 Å². The summed E-state index contributed by atoms with van der Waals surface area (Å²) in [6.07, 6.45) is 27.5. The fourth-order valence-corrected chi connectivity index (χ4v) is 10.1. The number of hydrogen-bond acceptors (Lipinski definition) is 5. The van der Waals surface area contributed by atoms with Crippen molar-refractivity contribution < 1.29 is 0 Å². The first-order valence-electron chi connectivity index (χ1n) is 20.2. The molecule has 0 amide bonds. The van der Waals surface area contributed by atoms with Gasteiger partial charge >= 0.3 is 0 Å². The second-order valence-corrected chi connectivity index (χ2v) is 16.1. The maximum absolute atomic E-state index is 5.28. The first kappa shape index (κ1) is 37.1. The van der Waals surface area contributed by atoms with Gasteiger partial charge in [-0.1, -0.05) is 195 Å². The third-order valence-corrected chi connectivity index (χ3v) is 12.8. The number of thioether (sulfide) groups is 1. The van der Waals surface area contributed by atoms with Crippen molar-refractivity contribution in [2.75, 3.05) is 0 Å². The number of pyridine rings is 1. The predicted molar refractivity (Wildman–Crippen MR) is 252 cm³/mol. The molecule has 3 atom stereocenters. The van der Waals surface area contributed by atoms with E-state index in [1.807, 2.05) is 54.4 Å². The lowest BCUT2D eigenvalue weighted by molar-refractivity contribution is 0.482. The number of nitrogens with zero attached hydrogens (tertiary/aromatic N) is 4. The lowest BCUT2D eigenvalue weighted by atomic mass is 9.65. The van der Waals surface area contributed by atoms with Crippen LogP contribution in [-0.2, 0) is 5.41 Å². The van der Waals surface area contributed by atoms with Crippen LogP contribution in [0.15, 0.2) is 219 Å². The molecule has 5 aromatic carbocycles. The highest BCUT2D eigenvalue weighted by molar-refractivity contribution is 8.02. The fourth-order valence-electron chi connectivity index (χ4n) is 9.09. The van der Waals surface area contributed by atoms with E-state index >= 15 is 0 Å². The van der Waals surface area contributed by atoms with Gasteiger partial charge in [0.1, 0.15) is 0 Å². The minimum absolute atomic E-state index is 0.0910. The molecule has 0 saturated carbocycles. The molecule has 0 radical (unpaired) electrons. The molecule has 0 fully saturated rings. The van der Waals surface area contributed by atoms with Gasteiger partial charge in [0.2, 0.25) is 0 Å². The SMILES string of the molecule is C=C/C=C(\C=C)c1nc(-c2ccccc2)nc(-c2cccc3c2-c2c(-c4cccc(-c5nccc6ccccc56)c4)cccc2C32/C=C/C=C\C=C\SC3C=CC=CC32)n1. The van der Waals surface area contributed by atoms with Gasteiger partial charge in [-0.05, 0) is 56.3 Å². The monoisotopic (exact) mass is 788 g/mol. The molecule has 60 heavy (non-hydrogen) atoms. The Hall–Kier alpha value is -7.21. The quantitative estimate of drug-likeness (QED) is 0.151. The third kappa shape index (κ3) is 6.35. The maximum Gasteiger partial charge on any atom is 0.164 e. The second kappa shape index (κ2) is 15.9. The van der Waals surface area contributed by atoms with E-state index in [1.54, 1.807) is 12.2 Å². The summed E-state index contributed by atoms with van der Waals surface area (Å²) in [5, 5.41) is 4.69. The summed E-state index contributed by atoms with van der Waals surface area (Å²) in [7, 11) is 0. The van der Waals surface area contributed by atoms with Crippen molar-refractivity contribution in [1.29, 1.82) is 0 Å². The third-order valence-electron chi connectivity index (χ3n) is 11.7. The van der Waals surface area contributed by atoms with E-state index in [4.69, 9.17) is 19.9 Å². The van der Waals surface area contributed by atoms with Crippen molar-refractivity contribution >= 4 is 28.1 Å². The Kier molecular flexibility index (Phi) is 9.80. The van der Waals surface area contributed by atoms with Crippen molar-refractivity contribution in [2.24, 2.45) is 5.92 Å². The summed E-state index contributed by atoms with van der Waals surface area (Å²) >= 11 is 1.86. The summed E-state index contributed by atoms with van der Waals surface area (Å²) in [5.74, 6) is 1.81. The zero-order valence-corrected chi connectivity index (χ0v) is 33.7. The van der Waals surface area contributed by atoms with E-state index in [0.29, 0.717) is 17.5 Å². The molecule has 1 aliphatic heterocycles. The highest BCUT2D eigenvalue weighted by atomic mass is 32.2. The molecule has 0 saturated heterocycles. The van der Waals surface area contributed by atoms with Crippen molar-refractivity contribution in [3.05, 3.63) is 236 Å². The Morgan fingerprint density at radius 1 is 0.617 bits per heavy atom. The average Bonchev–Trinajstić information content (AvgIpc) is 3.60. The summed E-state index contributed by atoms with van der Waals surface area (Å²) in [6, 6.07) is 42.9. The summed E-state index contributed by atoms with van der Waals surface area (Å²) < 4.78 is 0. The van der Waals surface area contributed by atoms with Crippen LogP contribution in [0.25, 0.3) is 72.6 Å². The predicted octanol–water partition coefficient (Wildman–Crippen LogP) is 13.6. The van der Waals surface area contributed by atoms with Gasteiger partial charge in [-0.3, -0.25) is 4.98 Å². The number of fused-ring (bicyclic) bond motifs is 8. The minimum atomic E-state index is -0.535. The molecule has 1 spiro atoms. The van der Waals surface area contributed by atoms with Crippen molar-refractivity contribution in [2.45, 2.75) is 10.7 Å². The first-order valence-corrected chi connectivity index (χ1v) is 21.1. The van der Waals surface area contributed by atoms with Crippen LogP contribution in [-0.4, -0.2) is 25.2 Å². The summed E-state index contributed by atoms with van der Waals surface area (Å²) in [6.45, 7) is 8.08. The van der Waals surface area contributed by atoms with Gasteiger partial charge in [0.05, 0.1) is 5.69 Å². The number of allylic oxidation sites excluding steroid dienone is 12. The van der Waals surface area contributed by atoms with Gasteiger partial charge in [-0.25, -0.2) is 15.0 Å². The standard InChI is InChI=1S/C55H40N4S/c1-3-19-37(4-2)52-57-53(39-21-8-7-9-22-39)59-54(58-52)44-27-18-30-47-50(44)49-42(40-23-16-24-41(36-40)51-43-25-11-10-20-38(43)32-34-56-51)26-17-29-46(49)55(47)33-14-5-6-15-35-60-48-31-13-12-28-45(48)55/h3-36,45,48H,1-2H2/b6-5-,33-14+,35-15+,37-19+. The normalized spacial score (nSPS) is 20.5. The van der Waals surface area contributed by atoms with Crippen LogP contribution in [0.1, 0.15) is 17.0 Å². The molecule has 2 aromatic heterocycles. The molecule has 5 heteroatoms. The molecule has 3 aliphatic rings. The van der Waals surface area contributed by atoms with Crippen LogP contribution in [0, 0.1) is 5.92 Å². The molecule has 10 rings (SSSR count). The van der Waals surface area contributed by atoms with E-state index in [2.05, 4.69) is 164 Å². The molecule has 4 nitrogen and oxygen atoms in total. The number of rotatable bonds is 7. The van der Waals surface area contributed by atoms with Crippen molar-refractivity contribution in [3.63, 3.8) is 0 Å². The van der Waals surface area contributed by atoms with Crippen LogP contribution in [0.4, 0.5) is 0 Å². The molecule has 3 unspecified atom stereocenters. The van der Waals surface area contributed by atoms with E-state index in [0.717, 1.165) is 55.4 Å². The molecular formula is C55H40N4S.